The molecule has 0 saturated carbocycles. The number of methoxy groups -OCH3 is 1. The van der Waals surface area contributed by atoms with Crippen LogP contribution in [0.4, 0.5) is 4.79 Å². The minimum atomic E-state index is -1.02. The van der Waals surface area contributed by atoms with Crippen LogP contribution in [0.15, 0.2) is 18.3 Å². The van der Waals surface area contributed by atoms with Crippen LogP contribution in [0.2, 0.25) is 0 Å². The minimum absolute atomic E-state index is 0.146. The maximum Gasteiger partial charge on any atom is 0.335 e. The van der Waals surface area contributed by atoms with Crippen LogP contribution in [0.1, 0.15) is 22.5 Å². The Labute approximate surface area is 111 Å². The van der Waals surface area contributed by atoms with E-state index in [2.05, 4.69) is 15.6 Å². The predicted molar refractivity (Wildman–Crippen MR) is 67.9 cm³/mol. The summed E-state index contributed by atoms with van der Waals surface area (Å²) >= 11 is 0. The zero-order valence-electron chi connectivity index (χ0n) is 10.7. The average molecular weight is 267 g/mol. The fourth-order valence-electron chi connectivity index (χ4n) is 1.36. The first-order valence-corrected chi connectivity index (χ1v) is 5.82. The van der Waals surface area contributed by atoms with Crippen molar-refractivity contribution in [1.82, 2.24) is 15.6 Å². The summed E-state index contributed by atoms with van der Waals surface area (Å²) in [5.74, 6) is -1.02. The first-order valence-electron chi connectivity index (χ1n) is 5.82. The lowest BCUT2D eigenvalue weighted by Gasteiger charge is -2.07. The Hall–Kier alpha value is -2.15. The lowest BCUT2D eigenvalue weighted by Crippen LogP contribution is -2.36. The van der Waals surface area contributed by atoms with E-state index in [0.717, 1.165) is 6.42 Å². The first-order chi connectivity index (χ1) is 9.13. The average Bonchev–Trinajstić information content (AvgIpc) is 2.41. The van der Waals surface area contributed by atoms with Crippen LogP contribution in [-0.4, -0.2) is 42.4 Å². The van der Waals surface area contributed by atoms with Gasteiger partial charge in [0.05, 0.1) is 17.8 Å². The van der Waals surface area contributed by atoms with Crippen molar-refractivity contribution in [1.29, 1.82) is 0 Å². The number of aromatic nitrogens is 1. The highest BCUT2D eigenvalue weighted by molar-refractivity contribution is 5.87. The lowest BCUT2D eigenvalue weighted by molar-refractivity contribution is 0.0696. The Bertz CT molecular complexity index is 437. The molecule has 0 atom stereocenters. The number of aromatic carboxylic acids is 1. The molecule has 0 unspecified atom stereocenters. The van der Waals surface area contributed by atoms with Crippen LogP contribution in [-0.2, 0) is 11.3 Å². The Morgan fingerprint density at radius 1 is 1.42 bits per heavy atom. The van der Waals surface area contributed by atoms with Gasteiger partial charge in [-0.1, -0.05) is 0 Å². The molecule has 1 aromatic heterocycles. The van der Waals surface area contributed by atoms with Crippen molar-refractivity contribution >= 4 is 12.0 Å². The summed E-state index contributed by atoms with van der Waals surface area (Å²) in [4.78, 5) is 26.1. The van der Waals surface area contributed by atoms with Crippen molar-refractivity contribution in [3.8, 4) is 0 Å². The van der Waals surface area contributed by atoms with E-state index < -0.39 is 5.97 Å². The van der Waals surface area contributed by atoms with Crippen LogP contribution in [0.3, 0.4) is 0 Å². The number of carbonyl (C=O) groups excluding carboxylic acids is 1. The predicted octanol–water partition coefficient (Wildman–Crippen LogP) is 0.615. The van der Waals surface area contributed by atoms with Gasteiger partial charge in [0.15, 0.2) is 0 Å². The third-order valence-corrected chi connectivity index (χ3v) is 2.30. The Morgan fingerprint density at radius 2 is 2.21 bits per heavy atom. The van der Waals surface area contributed by atoms with Gasteiger partial charge in [0.2, 0.25) is 0 Å². The molecule has 0 aromatic carbocycles. The quantitative estimate of drug-likeness (QED) is 0.629. The van der Waals surface area contributed by atoms with Gasteiger partial charge in [0, 0.05) is 26.5 Å². The zero-order valence-corrected chi connectivity index (χ0v) is 10.7. The second-order valence-electron chi connectivity index (χ2n) is 3.80. The van der Waals surface area contributed by atoms with Crippen molar-refractivity contribution < 1.29 is 19.4 Å². The topological polar surface area (TPSA) is 101 Å². The van der Waals surface area contributed by atoms with Crippen LogP contribution >= 0.6 is 0 Å². The summed E-state index contributed by atoms with van der Waals surface area (Å²) in [7, 11) is 1.60. The van der Waals surface area contributed by atoms with E-state index in [1.807, 2.05) is 0 Å². The largest absolute Gasteiger partial charge is 0.478 e. The molecule has 0 aliphatic carbocycles. The first kappa shape index (κ1) is 14.9. The summed E-state index contributed by atoms with van der Waals surface area (Å²) in [6.07, 6.45) is 2.13. The number of pyridine rings is 1. The molecule has 0 fully saturated rings. The standard InChI is InChI=1S/C12H17N3O4/c1-19-6-2-4-14-12(18)15-8-10-7-9(11(16)17)3-5-13-10/h3,5,7H,2,4,6,8H2,1H3,(H,16,17)(H2,14,15,18). The molecule has 0 aliphatic heterocycles. The molecule has 104 valence electrons. The van der Waals surface area contributed by atoms with Crippen LogP contribution in [0.5, 0.6) is 0 Å². The maximum absolute atomic E-state index is 11.4. The molecule has 0 spiro atoms. The third-order valence-electron chi connectivity index (χ3n) is 2.30. The van der Waals surface area contributed by atoms with Gasteiger partial charge in [-0.25, -0.2) is 9.59 Å². The van der Waals surface area contributed by atoms with Crippen molar-refractivity contribution in [2.24, 2.45) is 0 Å². The highest BCUT2D eigenvalue weighted by atomic mass is 16.5. The molecule has 0 radical (unpaired) electrons. The smallest absolute Gasteiger partial charge is 0.335 e. The van der Waals surface area contributed by atoms with E-state index in [-0.39, 0.29) is 18.1 Å². The summed E-state index contributed by atoms with van der Waals surface area (Å²) in [5.41, 5.74) is 0.638. The van der Waals surface area contributed by atoms with E-state index in [1.165, 1.54) is 18.3 Å². The summed E-state index contributed by atoms with van der Waals surface area (Å²) in [6, 6.07) is 2.50. The highest BCUT2D eigenvalue weighted by Gasteiger charge is 2.05. The van der Waals surface area contributed by atoms with Crippen molar-refractivity contribution in [3.63, 3.8) is 0 Å². The molecular formula is C12H17N3O4. The summed E-state index contributed by atoms with van der Waals surface area (Å²) in [5, 5.41) is 14.1. The van der Waals surface area contributed by atoms with Crippen molar-refractivity contribution in [2.75, 3.05) is 20.3 Å². The monoisotopic (exact) mass is 267 g/mol. The van der Waals surface area contributed by atoms with E-state index in [0.29, 0.717) is 18.8 Å². The van der Waals surface area contributed by atoms with E-state index in [1.54, 1.807) is 7.11 Å². The number of amides is 2. The van der Waals surface area contributed by atoms with Gasteiger partial charge in [0.1, 0.15) is 0 Å². The minimum Gasteiger partial charge on any atom is -0.478 e. The number of ether oxygens (including phenoxy) is 1. The molecule has 7 heteroatoms. The number of carbonyl (C=O) groups is 2. The molecular weight excluding hydrogens is 250 g/mol. The normalized spacial score (nSPS) is 9.95. The molecule has 1 aromatic rings. The number of nitrogens with zero attached hydrogens (tertiary/aromatic N) is 1. The van der Waals surface area contributed by atoms with Gasteiger partial charge in [-0.15, -0.1) is 0 Å². The van der Waals surface area contributed by atoms with Crippen LogP contribution in [0, 0.1) is 0 Å². The SMILES string of the molecule is COCCCNC(=O)NCc1cc(C(=O)O)ccn1. The van der Waals surface area contributed by atoms with Crippen molar-refractivity contribution in [3.05, 3.63) is 29.6 Å². The van der Waals surface area contributed by atoms with Gasteiger partial charge >= 0.3 is 12.0 Å². The zero-order chi connectivity index (χ0) is 14.1. The Morgan fingerprint density at radius 3 is 2.89 bits per heavy atom. The number of hydrogen-bond acceptors (Lipinski definition) is 4. The van der Waals surface area contributed by atoms with Crippen molar-refractivity contribution in [2.45, 2.75) is 13.0 Å². The molecule has 0 saturated heterocycles. The summed E-state index contributed by atoms with van der Waals surface area (Å²) < 4.78 is 4.85. The van der Waals surface area contributed by atoms with Gasteiger partial charge in [-0.2, -0.15) is 0 Å². The maximum atomic E-state index is 11.4. The fraction of sp³-hybridized carbons (Fsp3) is 0.417. The number of carboxylic acid groups (broad SMARTS) is 1. The molecule has 3 N–H and O–H groups in total. The van der Waals surface area contributed by atoms with Gasteiger partial charge in [-0.05, 0) is 18.6 Å². The van der Waals surface area contributed by atoms with Gasteiger partial charge in [0.25, 0.3) is 0 Å². The molecule has 19 heavy (non-hydrogen) atoms. The fourth-order valence-corrected chi connectivity index (χ4v) is 1.36. The second-order valence-corrected chi connectivity index (χ2v) is 3.80. The molecule has 0 bridgehead atoms. The lowest BCUT2D eigenvalue weighted by atomic mass is 10.2. The Balaban J connectivity index is 2.33. The summed E-state index contributed by atoms with van der Waals surface area (Å²) in [6.45, 7) is 1.28. The van der Waals surface area contributed by atoms with Crippen LogP contribution in [0.25, 0.3) is 0 Å². The molecule has 1 heterocycles. The molecule has 1 rings (SSSR count). The third kappa shape index (κ3) is 5.82. The Kier molecular flexibility index (Phi) is 6.31. The van der Waals surface area contributed by atoms with E-state index in [9.17, 15) is 9.59 Å². The second kappa shape index (κ2) is 8.04. The molecule has 7 nitrogen and oxygen atoms in total. The number of urea groups is 1. The number of carboxylic acids is 1. The molecule has 2 amide bonds. The number of rotatable bonds is 7. The number of hydrogen-bond donors (Lipinski definition) is 3. The van der Waals surface area contributed by atoms with Gasteiger partial charge in [-0.3, -0.25) is 4.98 Å². The molecule has 0 aliphatic rings. The van der Waals surface area contributed by atoms with Crippen LogP contribution < -0.4 is 10.6 Å². The van der Waals surface area contributed by atoms with E-state index >= 15 is 0 Å². The van der Waals surface area contributed by atoms with E-state index in [4.69, 9.17) is 9.84 Å². The highest BCUT2D eigenvalue weighted by Crippen LogP contribution is 2.01. The number of nitrogens with one attached hydrogen (secondary N) is 2. The van der Waals surface area contributed by atoms with Gasteiger partial charge < -0.3 is 20.5 Å².